The number of fused-ring (bicyclic) bond motifs is 1. The molecule has 0 unspecified atom stereocenters. The minimum absolute atomic E-state index is 0.0119. The molecule has 2 aromatic rings. The number of amides is 1. The van der Waals surface area contributed by atoms with E-state index >= 15 is 0 Å². The lowest BCUT2D eigenvalue weighted by atomic mass is 9.94. The molecule has 3 heterocycles. The highest BCUT2D eigenvalue weighted by Gasteiger charge is 2.31. The molecule has 1 saturated heterocycles. The average Bonchev–Trinajstić information content (AvgIpc) is 3.15. The highest BCUT2D eigenvalue weighted by atomic mass is 19.1. The monoisotopic (exact) mass is 353 g/mol. The van der Waals surface area contributed by atoms with Crippen LogP contribution in [0.1, 0.15) is 24.1 Å². The van der Waals surface area contributed by atoms with E-state index in [2.05, 4.69) is 9.55 Å². The quantitative estimate of drug-likeness (QED) is 0.830. The molecule has 0 radical (unpaired) electrons. The van der Waals surface area contributed by atoms with Gasteiger partial charge in [0.15, 0.2) is 0 Å². The summed E-state index contributed by atoms with van der Waals surface area (Å²) in [6.07, 6.45) is 5.06. The number of imidazole rings is 1. The van der Waals surface area contributed by atoms with Gasteiger partial charge in [0.25, 0.3) is 0 Å². The smallest absolute Gasteiger partial charge is 0.226 e. The third-order valence-corrected chi connectivity index (χ3v) is 5.34. The highest BCUT2D eigenvalue weighted by molar-refractivity contribution is 5.79. The van der Waals surface area contributed by atoms with Crippen molar-refractivity contribution < 1.29 is 9.18 Å². The Balaban J connectivity index is 1.38. The third kappa shape index (κ3) is 3.03. The Hall–Kier alpha value is -2.88. The predicted octanol–water partition coefficient (Wildman–Crippen LogP) is 2.15. The standard InChI is InChI=1S/C19H20FN5O/c20-17-9-14(10-21)1-2-18(17)23-5-3-15(4-6-23)19(26)24-7-8-25-13-22-11-16(25)12-24/h1-2,9,11,13,15H,3-8,12H2. The molecular formula is C19H20FN5O. The molecule has 134 valence electrons. The molecule has 7 heteroatoms. The molecule has 1 fully saturated rings. The topological polar surface area (TPSA) is 65.2 Å². The Morgan fingerprint density at radius 1 is 1.23 bits per heavy atom. The summed E-state index contributed by atoms with van der Waals surface area (Å²) >= 11 is 0. The largest absolute Gasteiger partial charge is 0.369 e. The number of rotatable bonds is 2. The number of benzene rings is 1. The number of aromatic nitrogens is 2. The van der Waals surface area contributed by atoms with E-state index in [0.29, 0.717) is 50.3 Å². The number of carbonyl (C=O) groups excluding carboxylic acids is 1. The number of piperidine rings is 1. The predicted molar refractivity (Wildman–Crippen MR) is 93.7 cm³/mol. The normalized spacial score (nSPS) is 17.7. The lowest BCUT2D eigenvalue weighted by Gasteiger charge is -2.36. The van der Waals surface area contributed by atoms with Crippen molar-refractivity contribution in [2.24, 2.45) is 5.92 Å². The third-order valence-electron chi connectivity index (χ3n) is 5.34. The second kappa shape index (κ2) is 6.79. The second-order valence-electron chi connectivity index (χ2n) is 6.88. The zero-order valence-electron chi connectivity index (χ0n) is 14.4. The number of nitriles is 1. The van der Waals surface area contributed by atoms with Crippen LogP contribution in [-0.2, 0) is 17.9 Å². The van der Waals surface area contributed by atoms with Gasteiger partial charge in [-0.15, -0.1) is 0 Å². The summed E-state index contributed by atoms with van der Waals surface area (Å²) in [7, 11) is 0. The molecule has 1 aromatic heterocycles. The molecule has 2 aliphatic heterocycles. The molecule has 0 spiro atoms. The van der Waals surface area contributed by atoms with E-state index < -0.39 is 0 Å². The molecule has 26 heavy (non-hydrogen) atoms. The van der Waals surface area contributed by atoms with E-state index in [1.807, 2.05) is 28.4 Å². The van der Waals surface area contributed by atoms with Gasteiger partial charge in [-0.3, -0.25) is 4.79 Å². The zero-order chi connectivity index (χ0) is 18.1. The van der Waals surface area contributed by atoms with Gasteiger partial charge in [-0.05, 0) is 31.0 Å². The lowest BCUT2D eigenvalue weighted by molar-refractivity contribution is -0.137. The van der Waals surface area contributed by atoms with Crippen molar-refractivity contribution in [2.45, 2.75) is 25.9 Å². The number of carbonyl (C=O) groups is 1. The average molecular weight is 353 g/mol. The summed E-state index contributed by atoms with van der Waals surface area (Å²) in [4.78, 5) is 20.9. The first-order chi connectivity index (χ1) is 12.7. The van der Waals surface area contributed by atoms with Crippen LogP contribution in [0.15, 0.2) is 30.7 Å². The van der Waals surface area contributed by atoms with Gasteiger partial charge >= 0.3 is 0 Å². The lowest BCUT2D eigenvalue weighted by Crippen LogP contribution is -2.45. The van der Waals surface area contributed by atoms with Gasteiger partial charge in [-0.1, -0.05) is 0 Å². The summed E-state index contributed by atoms with van der Waals surface area (Å²) in [5.74, 6) is -0.197. The van der Waals surface area contributed by atoms with Crippen molar-refractivity contribution in [3.8, 4) is 6.07 Å². The van der Waals surface area contributed by atoms with Crippen LogP contribution < -0.4 is 4.90 Å². The summed E-state index contributed by atoms with van der Waals surface area (Å²) in [5, 5.41) is 8.85. The summed E-state index contributed by atoms with van der Waals surface area (Å²) in [5.41, 5.74) is 1.90. The van der Waals surface area contributed by atoms with E-state index in [9.17, 15) is 9.18 Å². The van der Waals surface area contributed by atoms with Crippen LogP contribution in [0.5, 0.6) is 0 Å². The van der Waals surface area contributed by atoms with Crippen LogP contribution in [-0.4, -0.2) is 40.0 Å². The van der Waals surface area contributed by atoms with Crippen molar-refractivity contribution in [1.29, 1.82) is 5.26 Å². The van der Waals surface area contributed by atoms with Crippen LogP contribution in [0.3, 0.4) is 0 Å². The molecule has 6 nitrogen and oxygen atoms in total. The summed E-state index contributed by atoms with van der Waals surface area (Å²) in [6, 6.07) is 6.50. The molecule has 0 saturated carbocycles. The molecule has 1 aromatic carbocycles. The molecule has 0 N–H and O–H groups in total. The number of nitrogens with zero attached hydrogens (tertiary/aromatic N) is 5. The first-order valence-corrected chi connectivity index (χ1v) is 8.88. The van der Waals surface area contributed by atoms with Gasteiger partial charge in [0.05, 0.1) is 35.9 Å². The number of halogens is 1. The van der Waals surface area contributed by atoms with Crippen molar-refractivity contribution in [3.63, 3.8) is 0 Å². The minimum atomic E-state index is -0.377. The fourth-order valence-corrected chi connectivity index (χ4v) is 3.83. The fourth-order valence-electron chi connectivity index (χ4n) is 3.83. The van der Waals surface area contributed by atoms with E-state index in [1.54, 1.807) is 12.1 Å². The van der Waals surface area contributed by atoms with Gasteiger partial charge in [0.2, 0.25) is 5.91 Å². The van der Waals surface area contributed by atoms with Gasteiger partial charge < -0.3 is 14.4 Å². The fraction of sp³-hybridized carbons (Fsp3) is 0.421. The Bertz CT molecular complexity index is 863. The second-order valence-corrected chi connectivity index (χ2v) is 6.88. The minimum Gasteiger partial charge on any atom is -0.369 e. The first kappa shape index (κ1) is 16.6. The summed E-state index contributed by atoms with van der Waals surface area (Å²) in [6.45, 7) is 3.41. The van der Waals surface area contributed by atoms with Gasteiger partial charge in [0.1, 0.15) is 5.82 Å². The van der Waals surface area contributed by atoms with Crippen LogP contribution >= 0.6 is 0 Å². The van der Waals surface area contributed by atoms with Gasteiger partial charge in [-0.25, -0.2) is 9.37 Å². The van der Waals surface area contributed by atoms with E-state index in [-0.39, 0.29) is 17.6 Å². The molecule has 4 rings (SSSR count). The maximum Gasteiger partial charge on any atom is 0.226 e. The van der Waals surface area contributed by atoms with E-state index in [1.165, 1.54) is 6.07 Å². The number of hydrogen-bond acceptors (Lipinski definition) is 4. The SMILES string of the molecule is N#Cc1ccc(N2CCC(C(=O)N3CCn4cncc4C3)CC2)c(F)c1. The maximum atomic E-state index is 14.2. The molecule has 0 aliphatic carbocycles. The molecular weight excluding hydrogens is 333 g/mol. The van der Waals surface area contributed by atoms with Crippen molar-refractivity contribution in [2.75, 3.05) is 24.5 Å². The molecule has 0 bridgehead atoms. The van der Waals surface area contributed by atoms with Crippen LogP contribution in [0, 0.1) is 23.1 Å². The van der Waals surface area contributed by atoms with Crippen LogP contribution in [0.2, 0.25) is 0 Å². The van der Waals surface area contributed by atoms with E-state index in [4.69, 9.17) is 5.26 Å². The van der Waals surface area contributed by atoms with Crippen molar-refractivity contribution in [3.05, 3.63) is 47.8 Å². The van der Waals surface area contributed by atoms with E-state index in [0.717, 1.165) is 12.2 Å². The first-order valence-electron chi connectivity index (χ1n) is 8.88. The number of hydrogen-bond donors (Lipinski definition) is 0. The Kier molecular flexibility index (Phi) is 4.33. The Morgan fingerprint density at radius 2 is 2.04 bits per heavy atom. The van der Waals surface area contributed by atoms with Crippen LogP contribution in [0.4, 0.5) is 10.1 Å². The summed E-state index contributed by atoms with van der Waals surface area (Å²) < 4.78 is 16.3. The number of anilines is 1. The molecule has 1 amide bonds. The Labute approximate surface area is 151 Å². The maximum absolute atomic E-state index is 14.2. The van der Waals surface area contributed by atoms with Crippen molar-refractivity contribution >= 4 is 11.6 Å². The molecule has 2 aliphatic rings. The van der Waals surface area contributed by atoms with Crippen molar-refractivity contribution in [1.82, 2.24) is 14.5 Å². The van der Waals surface area contributed by atoms with Gasteiger partial charge in [-0.2, -0.15) is 5.26 Å². The van der Waals surface area contributed by atoms with Crippen LogP contribution in [0.25, 0.3) is 0 Å². The zero-order valence-corrected chi connectivity index (χ0v) is 14.4. The Morgan fingerprint density at radius 3 is 2.77 bits per heavy atom. The highest BCUT2D eigenvalue weighted by Crippen LogP contribution is 2.28. The van der Waals surface area contributed by atoms with Gasteiger partial charge in [0, 0.05) is 38.3 Å². The molecule has 0 atom stereocenters.